The zero-order valence-electron chi connectivity index (χ0n) is 17.7. The summed E-state index contributed by atoms with van der Waals surface area (Å²) in [5.74, 6) is 0.267. The van der Waals surface area contributed by atoms with Crippen molar-refractivity contribution in [1.82, 2.24) is 15.2 Å². The standard InChI is InChI=1S/C26H19N5O2/c32-24-21-17-12-29(23-16(17)7-4-10-27-23)11-14-5-3-9-20-26(31(14)20)30-13-18(22(21)25(33)28-24)15-6-1-2-8-19(15)30/h1-10,14,26H,11-13H2,(H,28,32,33)/b21-17-,22-18?. The van der Waals surface area contributed by atoms with E-state index in [1.165, 1.54) is 5.70 Å². The fourth-order valence-electron chi connectivity index (χ4n) is 6.20. The number of para-hydroxylation sites is 1. The zero-order chi connectivity index (χ0) is 21.8. The molecule has 2 aromatic rings. The lowest BCUT2D eigenvalue weighted by atomic mass is 9.92. The van der Waals surface area contributed by atoms with E-state index in [0.717, 1.165) is 40.3 Å². The SMILES string of the molecule is O=C1NC(=O)/C2=C3/CN(CC4C=CC=C5C(N6CC(=C12)c1ccccc16)N54)c1ncccc13. The van der Waals surface area contributed by atoms with Gasteiger partial charge in [0.2, 0.25) is 0 Å². The lowest BCUT2D eigenvalue weighted by Gasteiger charge is -2.27. The lowest BCUT2D eigenvalue weighted by Crippen LogP contribution is -2.38. The first-order valence-corrected chi connectivity index (χ1v) is 11.3. The lowest BCUT2D eigenvalue weighted by molar-refractivity contribution is -0.123. The van der Waals surface area contributed by atoms with Crippen LogP contribution in [0.25, 0.3) is 11.1 Å². The Morgan fingerprint density at radius 1 is 0.939 bits per heavy atom. The predicted molar refractivity (Wildman–Crippen MR) is 124 cm³/mol. The maximum Gasteiger partial charge on any atom is 0.259 e. The minimum Gasteiger partial charge on any atom is -0.349 e. The van der Waals surface area contributed by atoms with E-state index >= 15 is 0 Å². The molecule has 2 fully saturated rings. The molecule has 0 spiro atoms. The Balaban J connectivity index is 1.46. The molecule has 4 bridgehead atoms. The van der Waals surface area contributed by atoms with Crippen molar-refractivity contribution in [3.8, 4) is 0 Å². The average Bonchev–Trinajstić information content (AvgIpc) is 3.11. The molecule has 0 aliphatic carbocycles. The summed E-state index contributed by atoms with van der Waals surface area (Å²) in [7, 11) is 0. The van der Waals surface area contributed by atoms with Crippen LogP contribution in [-0.2, 0) is 9.59 Å². The van der Waals surface area contributed by atoms with Crippen molar-refractivity contribution in [2.75, 3.05) is 29.4 Å². The number of nitrogens with one attached hydrogen (secondary N) is 1. The molecule has 33 heavy (non-hydrogen) atoms. The topological polar surface area (TPSA) is 68.6 Å². The van der Waals surface area contributed by atoms with E-state index in [9.17, 15) is 9.59 Å². The number of aromatic nitrogens is 1. The summed E-state index contributed by atoms with van der Waals surface area (Å²) in [5.41, 5.74) is 7.22. The number of amides is 2. The number of pyridine rings is 1. The van der Waals surface area contributed by atoms with Gasteiger partial charge >= 0.3 is 0 Å². The van der Waals surface area contributed by atoms with Gasteiger partial charge in [0.1, 0.15) is 12.0 Å². The van der Waals surface area contributed by atoms with E-state index in [2.05, 4.69) is 55.4 Å². The van der Waals surface area contributed by atoms with Gasteiger partial charge in [0.15, 0.2) is 0 Å². The Morgan fingerprint density at radius 3 is 2.61 bits per heavy atom. The molecule has 6 aliphatic rings. The molecule has 6 aliphatic heterocycles. The van der Waals surface area contributed by atoms with Gasteiger partial charge in [-0.15, -0.1) is 0 Å². The molecule has 160 valence electrons. The van der Waals surface area contributed by atoms with Gasteiger partial charge in [-0.3, -0.25) is 14.9 Å². The third kappa shape index (κ3) is 2.12. The molecule has 2 saturated heterocycles. The van der Waals surface area contributed by atoms with Gasteiger partial charge in [-0.2, -0.15) is 0 Å². The van der Waals surface area contributed by atoms with Crippen LogP contribution in [-0.4, -0.2) is 53.5 Å². The Hall–Kier alpha value is -4.13. The molecule has 0 radical (unpaired) electrons. The van der Waals surface area contributed by atoms with E-state index in [0.29, 0.717) is 24.2 Å². The first-order chi connectivity index (χ1) is 16.2. The fraction of sp³-hybridized carbons (Fsp3) is 0.192. The molecule has 2 atom stereocenters. The van der Waals surface area contributed by atoms with E-state index in [4.69, 9.17) is 0 Å². The molecular weight excluding hydrogens is 414 g/mol. The number of carbonyl (C=O) groups excluding carboxylic acids is 2. The monoisotopic (exact) mass is 433 g/mol. The number of nitrogens with zero attached hydrogens (tertiary/aromatic N) is 4. The summed E-state index contributed by atoms with van der Waals surface area (Å²) < 4.78 is 0. The second-order valence-corrected chi connectivity index (χ2v) is 9.22. The zero-order valence-corrected chi connectivity index (χ0v) is 17.7. The highest BCUT2D eigenvalue weighted by molar-refractivity contribution is 6.31. The van der Waals surface area contributed by atoms with Gasteiger partial charge in [0.25, 0.3) is 11.8 Å². The van der Waals surface area contributed by atoms with Gasteiger partial charge in [-0.05, 0) is 35.4 Å². The molecular formula is C26H19N5O2. The number of hydrogen-bond acceptors (Lipinski definition) is 6. The van der Waals surface area contributed by atoms with E-state index in [-0.39, 0.29) is 24.0 Å². The summed E-state index contributed by atoms with van der Waals surface area (Å²) in [6, 6.07) is 12.4. The summed E-state index contributed by atoms with van der Waals surface area (Å²) >= 11 is 0. The number of hydrogen-bond donors (Lipinski definition) is 1. The number of imide groups is 1. The van der Waals surface area contributed by atoms with Crippen molar-refractivity contribution in [1.29, 1.82) is 0 Å². The number of fused-ring (bicyclic) bond motifs is 13. The molecule has 1 aromatic heterocycles. The van der Waals surface area contributed by atoms with Gasteiger partial charge in [0, 0.05) is 42.6 Å². The molecule has 2 unspecified atom stereocenters. The van der Waals surface area contributed by atoms with Gasteiger partial charge in [0.05, 0.1) is 22.9 Å². The average molecular weight is 433 g/mol. The predicted octanol–water partition coefficient (Wildman–Crippen LogP) is 2.06. The smallest absolute Gasteiger partial charge is 0.259 e. The second-order valence-electron chi connectivity index (χ2n) is 9.22. The maximum atomic E-state index is 13.2. The van der Waals surface area contributed by atoms with E-state index < -0.39 is 0 Å². The van der Waals surface area contributed by atoms with Gasteiger partial charge in [-0.1, -0.05) is 30.4 Å². The van der Waals surface area contributed by atoms with Crippen molar-refractivity contribution < 1.29 is 9.59 Å². The second kappa shape index (κ2) is 5.81. The van der Waals surface area contributed by atoms with Crippen molar-refractivity contribution in [3.05, 3.63) is 88.8 Å². The fourth-order valence-corrected chi connectivity index (χ4v) is 6.20. The van der Waals surface area contributed by atoms with Gasteiger partial charge < -0.3 is 14.7 Å². The number of benzene rings is 1. The first-order valence-electron chi connectivity index (χ1n) is 11.3. The highest BCUT2D eigenvalue weighted by Crippen LogP contribution is 2.51. The number of allylic oxidation sites excluding steroid dienone is 2. The molecule has 7 heterocycles. The Kier molecular flexibility index (Phi) is 3.07. The minimum atomic E-state index is -0.309. The maximum absolute atomic E-state index is 13.2. The van der Waals surface area contributed by atoms with Crippen LogP contribution < -0.4 is 15.1 Å². The van der Waals surface area contributed by atoms with Gasteiger partial charge in [-0.25, -0.2) is 4.98 Å². The molecule has 2 amide bonds. The van der Waals surface area contributed by atoms with Crippen LogP contribution >= 0.6 is 0 Å². The van der Waals surface area contributed by atoms with E-state index in [1.807, 2.05) is 24.3 Å². The van der Waals surface area contributed by atoms with Crippen LogP contribution in [0.1, 0.15) is 11.1 Å². The van der Waals surface area contributed by atoms with Crippen LogP contribution in [0, 0.1) is 0 Å². The normalized spacial score (nSPS) is 28.0. The molecule has 7 heteroatoms. The van der Waals surface area contributed by atoms with Crippen LogP contribution in [0.4, 0.5) is 11.5 Å². The Bertz CT molecular complexity index is 1450. The molecule has 7 nitrogen and oxygen atoms in total. The first kappa shape index (κ1) is 17.4. The van der Waals surface area contributed by atoms with Crippen LogP contribution in [0.3, 0.4) is 0 Å². The van der Waals surface area contributed by atoms with Crippen LogP contribution in [0.2, 0.25) is 0 Å². The molecule has 1 aromatic carbocycles. The third-order valence-electron chi connectivity index (χ3n) is 7.58. The summed E-state index contributed by atoms with van der Waals surface area (Å²) in [6.07, 6.45) is 8.53. The van der Waals surface area contributed by atoms with Crippen molar-refractivity contribution >= 4 is 34.5 Å². The third-order valence-corrected chi connectivity index (χ3v) is 7.58. The highest BCUT2D eigenvalue weighted by Gasteiger charge is 2.53. The van der Waals surface area contributed by atoms with Crippen molar-refractivity contribution in [2.45, 2.75) is 12.2 Å². The van der Waals surface area contributed by atoms with E-state index in [1.54, 1.807) is 6.20 Å². The number of rotatable bonds is 0. The highest BCUT2D eigenvalue weighted by atomic mass is 16.2. The quantitative estimate of drug-likeness (QED) is 0.507. The molecule has 0 saturated carbocycles. The number of anilines is 2. The summed E-state index contributed by atoms with van der Waals surface area (Å²) in [6.45, 7) is 1.93. The molecule has 8 rings (SSSR count). The minimum absolute atomic E-state index is 0.154. The van der Waals surface area contributed by atoms with Crippen molar-refractivity contribution in [3.63, 3.8) is 0 Å². The summed E-state index contributed by atoms with van der Waals surface area (Å²) in [4.78, 5) is 38.1. The van der Waals surface area contributed by atoms with Crippen LogP contribution in [0.5, 0.6) is 0 Å². The molecule has 1 N–H and O–H groups in total. The summed E-state index contributed by atoms with van der Waals surface area (Å²) in [5, 5.41) is 2.59. The largest absolute Gasteiger partial charge is 0.349 e. The van der Waals surface area contributed by atoms with Crippen molar-refractivity contribution in [2.24, 2.45) is 0 Å². The number of carbonyl (C=O) groups is 2. The Morgan fingerprint density at radius 2 is 1.73 bits per heavy atom. The van der Waals surface area contributed by atoms with Crippen LogP contribution in [0.15, 0.2) is 77.7 Å². The Labute approximate surface area is 190 Å².